The van der Waals surface area contributed by atoms with Crippen LogP contribution in [-0.2, 0) is 17.7 Å². The minimum Gasteiger partial charge on any atom is -0.476 e. The average Bonchev–Trinajstić information content (AvgIpc) is 2.79. The minimum absolute atomic E-state index is 0.00242. The second kappa shape index (κ2) is 6.29. The van der Waals surface area contributed by atoms with Crippen LogP contribution in [0.25, 0.3) is 0 Å². The summed E-state index contributed by atoms with van der Waals surface area (Å²) in [5.74, 6) is -1.06. The molecular formula is C14H17N3O3. The van der Waals surface area contributed by atoms with Crippen LogP contribution < -0.4 is 0 Å². The van der Waals surface area contributed by atoms with Crippen molar-refractivity contribution < 1.29 is 14.6 Å². The molecule has 0 saturated carbocycles. The molecule has 0 atom stereocenters. The maximum absolute atomic E-state index is 11.2. The Bertz CT molecular complexity index is 607. The molecule has 1 aromatic heterocycles. The quantitative estimate of drug-likeness (QED) is 0.865. The molecule has 1 heterocycles. The molecule has 6 nitrogen and oxygen atoms in total. The van der Waals surface area contributed by atoms with Crippen LogP contribution in [0, 0.1) is 6.92 Å². The normalized spacial score (nSPS) is 10.7. The predicted molar refractivity (Wildman–Crippen MR) is 72.8 cm³/mol. The van der Waals surface area contributed by atoms with Gasteiger partial charge in [-0.3, -0.25) is 0 Å². The third-order valence-electron chi connectivity index (χ3n) is 3.00. The van der Waals surface area contributed by atoms with Gasteiger partial charge in [-0.1, -0.05) is 35.0 Å². The summed E-state index contributed by atoms with van der Waals surface area (Å²) in [5.41, 5.74) is 2.77. The molecule has 0 radical (unpaired) electrons. The fourth-order valence-electron chi connectivity index (χ4n) is 2.05. The number of benzene rings is 1. The lowest BCUT2D eigenvalue weighted by molar-refractivity contribution is 0.0689. The first-order valence-electron chi connectivity index (χ1n) is 6.32. The van der Waals surface area contributed by atoms with Crippen LogP contribution in [0.2, 0.25) is 0 Å². The minimum atomic E-state index is -1.06. The van der Waals surface area contributed by atoms with Crippen LogP contribution in [0.3, 0.4) is 0 Å². The number of methoxy groups -OCH3 is 1. The Morgan fingerprint density at radius 1 is 1.45 bits per heavy atom. The highest BCUT2D eigenvalue weighted by Crippen LogP contribution is 2.14. The molecule has 0 bridgehead atoms. The molecular weight excluding hydrogens is 258 g/mol. The summed E-state index contributed by atoms with van der Waals surface area (Å²) in [6.07, 6.45) is 0.486. The van der Waals surface area contributed by atoms with Crippen LogP contribution in [0.1, 0.15) is 27.3 Å². The SMILES string of the molecule is COCCn1nnc(C(=O)O)c1Cc1cccc(C)c1. The largest absolute Gasteiger partial charge is 0.476 e. The predicted octanol–water partition coefficient (Wildman–Crippen LogP) is 1.52. The van der Waals surface area contributed by atoms with E-state index in [4.69, 9.17) is 4.74 Å². The number of aromatic carboxylic acids is 1. The first kappa shape index (κ1) is 14.2. The van der Waals surface area contributed by atoms with E-state index in [1.807, 2.05) is 31.2 Å². The Balaban J connectivity index is 2.32. The summed E-state index contributed by atoms with van der Waals surface area (Å²) in [7, 11) is 1.59. The molecule has 2 rings (SSSR count). The maximum atomic E-state index is 11.2. The number of hydrogen-bond acceptors (Lipinski definition) is 4. The first-order chi connectivity index (χ1) is 9.61. The van der Waals surface area contributed by atoms with Gasteiger partial charge in [-0.2, -0.15) is 0 Å². The van der Waals surface area contributed by atoms with Crippen LogP contribution in [0.15, 0.2) is 24.3 Å². The molecule has 0 unspecified atom stereocenters. The molecule has 0 aliphatic heterocycles. The standard InChI is InChI=1S/C14H17N3O3/c1-10-4-3-5-11(8-10)9-12-13(14(18)19)15-16-17(12)6-7-20-2/h3-5,8H,6-7,9H2,1-2H3,(H,18,19). The lowest BCUT2D eigenvalue weighted by atomic mass is 10.1. The van der Waals surface area contributed by atoms with Crippen LogP contribution in [0.5, 0.6) is 0 Å². The van der Waals surface area contributed by atoms with Crippen molar-refractivity contribution in [3.63, 3.8) is 0 Å². The molecule has 0 aliphatic carbocycles. The van der Waals surface area contributed by atoms with Gasteiger partial charge in [-0.25, -0.2) is 9.48 Å². The number of carboxylic acid groups (broad SMARTS) is 1. The van der Waals surface area contributed by atoms with Gasteiger partial charge in [-0.15, -0.1) is 5.10 Å². The Labute approximate surface area is 117 Å². The third-order valence-corrected chi connectivity index (χ3v) is 3.00. The highest BCUT2D eigenvalue weighted by molar-refractivity contribution is 5.86. The zero-order valence-corrected chi connectivity index (χ0v) is 11.5. The molecule has 0 spiro atoms. The molecule has 2 aromatic rings. The molecule has 20 heavy (non-hydrogen) atoms. The van der Waals surface area contributed by atoms with E-state index in [0.717, 1.165) is 11.1 Å². The van der Waals surface area contributed by atoms with Gasteiger partial charge in [0.05, 0.1) is 18.8 Å². The number of hydrogen-bond donors (Lipinski definition) is 1. The van der Waals surface area contributed by atoms with Crippen LogP contribution >= 0.6 is 0 Å². The lowest BCUT2D eigenvalue weighted by Gasteiger charge is -2.07. The van der Waals surface area contributed by atoms with Gasteiger partial charge in [0.25, 0.3) is 0 Å². The second-order valence-corrected chi connectivity index (χ2v) is 4.57. The van der Waals surface area contributed by atoms with Gasteiger partial charge in [0, 0.05) is 13.5 Å². The van der Waals surface area contributed by atoms with Crippen molar-refractivity contribution in [3.8, 4) is 0 Å². The Morgan fingerprint density at radius 2 is 2.25 bits per heavy atom. The van der Waals surface area contributed by atoms with Gasteiger partial charge >= 0.3 is 5.97 Å². The van der Waals surface area contributed by atoms with Crippen molar-refractivity contribution in [3.05, 3.63) is 46.8 Å². The second-order valence-electron chi connectivity index (χ2n) is 4.57. The fraction of sp³-hybridized carbons (Fsp3) is 0.357. The lowest BCUT2D eigenvalue weighted by Crippen LogP contribution is -2.12. The molecule has 0 amide bonds. The van der Waals surface area contributed by atoms with Crippen molar-refractivity contribution in [2.24, 2.45) is 0 Å². The Hall–Kier alpha value is -2.21. The van der Waals surface area contributed by atoms with Gasteiger partial charge in [0.2, 0.25) is 0 Å². The van der Waals surface area contributed by atoms with E-state index in [-0.39, 0.29) is 5.69 Å². The van der Waals surface area contributed by atoms with E-state index in [2.05, 4.69) is 10.3 Å². The maximum Gasteiger partial charge on any atom is 0.358 e. The topological polar surface area (TPSA) is 77.2 Å². The van der Waals surface area contributed by atoms with Crippen molar-refractivity contribution in [1.29, 1.82) is 0 Å². The van der Waals surface area contributed by atoms with Crippen molar-refractivity contribution in [2.45, 2.75) is 19.9 Å². The Kier molecular flexibility index (Phi) is 4.47. The summed E-state index contributed by atoms with van der Waals surface area (Å²) in [6, 6.07) is 7.95. The molecule has 0 fully saturated rings. The number of rotatable bonds is 6. The number of nitrogens with zero attached hydrogens (tertiary/aromatic N) is 3. The third kappa shape index (κ3) is 3.21. The van der Waals surface area contributed by atoms with E-state index >= 15 is 0 Å². The van der Waals surface area contributed by atoms with Gasteiger partial charge < -0.3 is 9.84 Å². The van der Waals surface area contributed by atoms with Crippen LogP contribution in [0.4, 0.5) is 0 Å². The van der Waals surface area contributed by atoms with Gasteiger partial charge in [0.15, 0.2) is 5.69 Å². The monoisotopic (exact) mass is 275 g/mol. The number of carbonyl (C=O) groups is 1. The van der Waals surface area contributed by atoms with E-state index in [1.165, 1.54) is 0 Å². The molecule has 1 aromatic carbocycles. The smallest absolute Gasteiger partial charge is 0.358 e. The number of aryl methyl sites for hydroxylation is 1. The molecule has 1 N–H and O–H groups in total. The van der Waals surface area contributed by atoms with Crippen molar-refractivity contribution >= 4 is 5.97 Å². The molecule has 0 aliphatic rings. The van der Waals surface area contributed by atoms with E-state index in [9.17, 15) is 9.90 Å². The Morgan fingerprint density at radius 3 is 2.90 bits per heavy atom. The summed E-state index contributed by atoms with van der Waals surface area (Å²) < 4.78 is 6.60. The zero-order valence-electron chi connectivity index (χ0n) is 11.5. The summed E-state index contributed by atoms with van der Waals surface area (Å²) in [6.45, 7) is 2.95. The van der Waals surface area contributed by atoms with Gasteiger partial charge in [0.1, 0.15) is 0 Å². The zero-order chi connectivity index (χ0) is 14.5. The van der Waals surface area contributed by atoms with Crippen LogP contribution in [-0.4, -0.2) is 39.8 Å². The fourth-order valence-corrected chi connectivity index (χ4v) is 2.05. The van der Waals surface area contributed by atoms with Gasteiger partial charge in [-0.05, 0) is 12.5 Å². The van der Waals surface area contributed by atoms with Crippen molar-refractivity contribution in [2.75, 3.05) is 13.7 Å². The highest BCUT2D eigenvalue weighted by Gasteiger charge is 2.19. The molecule has 106 valence electrons. The summed E-state index contributed by atoms with van der Waals surface area (Å²) >= 11 is 0. The molecule has 0 saturated heterocycles. The number of carboxylic acids is 1. The number of aromatic nitrogens is 3. The van der Waals surface area contributed by atoms with Crippen molar-refractivity contribution in [1.82, 2.24) is 15.0 Å². The molecule has 6 heteroatoms. The number of ether oxygens (including phenoxy) is 1. The average molecular weight is 275 g/mol. The van der Waals surface area contributed by atoms with E-state index < -0.39 is 5.97 Å². The van der Waals surface area contributed by atoms with E-state index in [1.54, 1.807) is 11.8 Å². The first-order valence-corrected chi connectivity index (χ1v) is 6.32. The summed E-state index contributed by atoms with van der Waals surface area (Å²) in [5, 5.41) is 16.8. The summed E-state index contributed by atoms with van der Waals surface area (Å²) in [4.78, 5) is 11.2. The van der Waals surface area contributed by atoms with E-state index in [0.29, 0.717) is 25.3 Å². The highest BCUT2D eigenvalue weighted by atomic mass is 16.5.